The van der Waals surface area contributed by atoms with Crippen molar-refractivity contribution in [1.82, 2.24) is 10.1 Å². The van der Waals surface area contributed by atoms with Crippen LogP contribution in [0, 0.1) is 0 Å². The average molecular weight is 312 g/mol. The van der Waals surface area contributed by atoms with Crippen molar-refractivity contribution >= 4 is 5.97 Å². The molecule has 0 N–H and O–H groups in total. The van der Waals surface area contributed by atoms with Crippen LogP contribution in [0.25, 0.3) is 11.3 Å². The molecule has 0 saturated carbocycles. The molecule has 2 aliphatic heterocycles. The number of carbonyl (C=O) groups is 1. The average Bonchev–Trinajstić information content (AvgIpc) is 3.11. The number of nitrogens with zero attached hydrogens (tertiary/aromatic N) is 2. The fourth-order valence-electron chi connectivity index (χ4n) is 3.86. The van der Waals surface area contributed by atoms with Crippen LogP contribution in [-0.4, -0.2) is 34.8 Å². The molecule has 2 saturated heterocycles. The third kappa shape index (κ3) is 2.45. The first-order valence-electron chi connectivity index (χ1n) is 8.16. The molecule has 3 heterocycles. The number of fused-ring (bicyclic) bond motifs is 2. The first kappa shape index (κ1) is 14.5. The van der Waals surface area contributed by atoms with Crippen LogP contribution in [0.3, 0.4) is 0 Å². The Hall–Kier alpha value is -2.14. The second-order valence-corrected chi connectivity index (χ2v) is 6.47. The van der Waals surface area contributed by atoms with E-state index in [2.05, 4.69) is 17.1 Å². The molecule has 0 aliphatic carbocycles. The molecule has 120 valence electrons. The SMILES string of the molecule is CN1C2CCCC1(OC(=O)c1cc(-c3ccccc3)on1)CC2. The van der Waals surface area contributed by atoms with E-state index in [1.54, 1.807) is 6.07 Å². The predicted molar refractivity (Wildman–Crippen MR) is 84.7 cm³/mol. The summed E-state index contributed by atoms with van der Waals surface area (Å²) < 4.78 is 11.2. The molecule has 2 atom stereocenters. The van der Waals surface area contributed by atoms with E-state index in [1.165, 1.54) is 6.42 Å². The van der Waals surface area contributed by atoms with Gasteiger partial charge in [0.25, 0.3) is 0 Å². The first-order chi connectivity index (χ1) is 11.2. The smallest absolute Gasteiger partial charge is 0.362 e. The highest BCUT2D eigenvalue weighted by Gasteiger charge is 2.49. The zero-order chi connectivity index (χ0) is 15.9. The summed E-state index contributed by atoms with van der Waals surface area (Å²) in [5.74, 6) is 0.182. The summed E-state index contributed by atoms with van der Waals surface area (Å²) in [4.78, 5) is 14.7. The van der Waals surface area contributed by atoms with Crippen LogP contribution < -0.4 is 0 Å². The van der Waals surface area contributed by atoms with E-state index >= 15 is 0 Å². The van der Waals surface area contributed by atoms with Crippen molar-refractivity contribution in [2.24, 2.45) is 0 Å². The number of rotatable bonds is 3. The van der Waals surface area contributed by atoms with Gasteiger partial charge in [0, 0.05) is 30.5 Å². The second-order valence-electron chi connectivity index (χ2n) is 6.47. The summed E-state index contributed by atoms with van der Waals surface area (Å²) in [7, 11) is 2.06. The van der Waals surface area contributed by atoms with E-state index in [0.29, 0.717) is 11.8 Å². The van der Waals surface area contributed by atoms with Crippen LogP contribution >= 0.6 is 0 Å². The van der Waals surface area contributed by atoms with E-state index in [9.17, 15) is 4.79 Å². The highest BCUT2D eigenvalue weighted by Crippen LogP contribution is 2.44. The molecule has 1 aromatic heterocycles. The molecule has 4 rings (SSSR count). The van der Waals surface area contributed by atoms with Gasteiger partial charge >= 0.3 is 5.97 Å². The molecule has 2 fully saturated rings. The monoisotopic (exact) mass is 312 g/mol. The molecular formula is C18H20N2O3. The van der Waals surface area contributed by atoms with E-state index < -0.39 is 11.7 Å². The van der Waals surface area contributed by atoms with Crippen molar-refractivity contribution in [2.45, 2.75) is 43.9 Å². The van der Waals surface area contributed by atoms with Gasteiger partial charge in [-0.3, -0.25) is 4.90 Å². The van der Waals surface area contributed by atoms with Crippen molar-refractivity contribution in [3.63, 3.8) is 0 Å². The topological polar surface area (TPSA) is 55.6 Å². The maximum absolute atomic E-state index is 12.5. The lowest BCUT2D eigenvalue weighted by Gasteiger charge is -2.41. The molecule has 0 radical (unpaired) electrons. The number of hydrogen-bond donors (Lipinski definition) is 0. The first-order valence-corrected chi connectivity index (χ1v) is 8.16. The maximum atomic E-state index is 12.5. The third-order valence-electron chi connectivity index (χ3n) is 5.22. The van der Waals surface area contributed by atoms with E-state index in [0.717, 1.165) is 31.2 Å². The van der Waals surface area contributed by atoms with Gasteiger partial charge in [-0.05, 0) is 26.3 Å². The van der Waals surface area contributed by atoms with Crippen LogP contribution in [-0.2, 0) is 4.74 Å². The minimum absolute atomic E-state index is 0.237. The highest BCUT2D eigenvalue weighted by molar-refractivity contribution is 5.88. The van der Waals surface area contributed by atoms with Crippen LogP contribution in [0.15, 0.2) is 40.9 Å². The van der Waals surface area contributed by atoms with Crippen LogP contribution in [0.1, 0.15) is 42.6 Å². The molecule has 1 aromatic carbocycles. The molecule has 5 nitrogen and oxygen atoms in total. The zero-order valence-electron chi connectivity index (χ0n) is 13.2. The third-order valence-corrected chi connectivity index (χ3v) is 5.22. The Balaban J connectivity index is 1.53. The zero-order valence-corrected chi connectivity index (χ0v) is 13.2. The van der Waals surface area contributed by atoms with Crippen molar-refractivity contribution in [2.75, 3.05) is 7.05 Å². The van der Waals surface area contributed by atoms with Gasteiger partial charge in [0.05, 0.1) is 0 Å². The normalized spacial score (nSPS) is 27.1. The number of hydrogen-bond acceptors (Lipinski definition) is 5. The fraction of sp³-hybridized carbons (Fsp3) is 0.444. The Morgan fingerprint density at radius 1 is 1.30 bits per heavy atom. The van der Waals surface area contributed by atoms with E-state index in [4.69, 9.17) is 9.26 Å². The molecule has 2 aliphatic rings. The molecule has 0 spiro atoms. The molecule has 2 aromatic rings. The van der Waals surface area contributed by atoms with E-state index in [1.807, 2.05) is 30.3 Å². The summed E-state index contributed by atoms with van der Waals surface area (Å²) in [5.41, 5.74) is 0.680. The minimum atomic E-state index is -0.453. The van der Waals surface area contributed by atoms with Crippen molar-refractivity contribution < 1.29 is 14.1 Å². The van der Waals surface area contributed by atoms with Gasteiger partial charge in [0.2, 0.25) is 0 Å². The summed E-state index contributed by atoms with van der Waals surface area (Å²) in [6.07, 6.45) is 5.20. The van der Waals surface area contributed by atoms with Gasteiger partial charge in [-0.25, -0.2) is 4.79 Å². The van der Waals surface area contributed by atoms with Gasteiger partial charge in [-0.1, -0.05) is 35.5 Å². The Kier molecular flexibility index (Phi) is 3.45. The summed E-state index contributed by atoms with van der Waals surface area (Å²) in [5, 5.41) is 3.89. The Bertz CT molecular complexity index is 708. The Labute approximate surface area is 135 Å². The number of esters is 1. The largest absolute Gasteiger partial charge is 0.439 e. The number of ether oxygens (including phenoxy) is 1. The Morgan fingerprint density at radius 2 is 2.13 bits per heavy atom. The van der Waals surface area contributed by atoms with Crippen molar-refractivity contribution in [3.05, 3.63) is 42.1 Å². The van der Waals surface area contributed by atoms with Gasteiger partial charge in [-0.2, -0.15) is 0 Å². The summed E-state index contributed by atoms with van der Waals surface area (Å²) in [6, 6.07) is 11.8. The molecule has 23 heavy (non-hydrogen) atoms. The van der Waals surface area contributed by atoms with Crippen LogP contribution in [0.5, 0.6) is 0 Å². The molecule has 0 amide bonds. The quantitative estimate of drug-likeness (QED) is 0.812. The lowest BCUT2D eigenvalue weighted by atomic mass is 10.0. The molecule has 2 unspecified atom stereocenters. The van der Waals surface area contributed by atoms with Crippen LogP contribution in [0.4, 0.5) is 0 Å². The number of carbonyl (C=O) groups excluding carboxylic acids is 1. The van der Waals surface area contributed by atoms with Crippen molar-refractivity contribution in [1.29, 1.82) is 0 Å². The van der Waals surface area contributed by atoms with E-state index in [-0.39, 0.29) is 5.69 Å². The molecular weight excluding hydrogens is 292 g/mol. The summed E-state index contributed by atoms with van der Waals surface area (Å²) >= 11 is 0. The van der Waals surface area contributed by atoms with Gasteiger partial charge in [-0.15, -0.1) is 0 Å². The fourth-order valence-corrected chi connectivity index (χ4v) is 3.86. The van der Waals surface area contributed by atoms with Crippen molar-refractivity contribution in [3.8, 4) is 11.3 Å². The number of aromatic nitrogens is 1. The molecule has 5 heteroatoms. The maximum Gasteiger partial charge on any atom is 0.362 e. The predicted octanol–water partition coefficient (Wildman–Crippen LogP) is 3.47. The molecule has 2 bridgehead atoms. The van der Waals surface area contributed by atoms with Gasteiger partial charge < -0.3 is 9.26 Å². The minimum Gasteiger partial charge on any atom is -0.439 e. The second kappa shape index (κ2) is 5.49. The Morgan fingerprint density at radius 3 is 2.96 bits per heavy atom. The van der Waals surface area contributed by atoms with Gasteiger partial charge in [0.1, 0.15) is 0 Å². The number of benzene rings is 1. The number of piperidine rings is 1. The lowest BCUT2D eigenvalue weighted by Crippen LogP contribution is -2.50. The highest BCUT2D eigenvalue weighted by atomic mass is 16.6. The standard InChI is InChI=1S/C18H20N2O3/c1-20-14-8-5-10-18(20,11-9-14)22-17(21)15-12-16(23-19-15)13-6-3-2-4-7-13/h2-4,6-7,12,14H,5,8-11H2,1H3. The van der Waals surface area contributed by atoms with Gasteiger partial charge in [0.15, 0.2) is 17.2 Å². The van der Waals surface area contributed by atoms with Crippen LogP contribution in [0.2, 0.25) is 0 Å². The lowest BCUT2D eigenvalue weighted by molar-refractivity contribution is -0.116. The summed E-state index contributed by atoms with van der Waals surface area (Å²) in [6.45, 7) is 0.